The van der Waals surface area contributed by atoms with Crippen molar-refractivity contribution >= 4 is 0 Å². The Labute approximate surface area is 109 Å². The third kappa shape index (κ3) is 3.10. The number of nitrogens with two attached hydrogens (primary N) is 1. The first-order valence-electron chi connectivity index (χ1n) is 7.03. The molecule has 1 aliphatic rings. The summed E-state index contributed by atoms with van der Waals surface area (Å²) in [6.07, 6.45) is 5.60. The van der Waals surface area contributed by atoms with Gasteiger partial charge in [0.15, 0.2) is 5.82 Å². The largest absolute Gasteiger partial charge is 0.339 e. The van der Waals surface area contributed by atoms with Crippen molar-refractivity contribution in [2.75, 3.05) is 6.54 Å². The third-order valence-corrected chi connectivity index (χ3v) is 4.16. The third-order valence-electron chi connectivity index (χ3n) is 4.16. The lowest BCUT2D eigenvalue weighted by Gasteiger charge is -2.36. The minimum absolute atomic E-state index is 0.424. The molecule has 2 rings (SSSR count). The zero-order valence-electron chi connectivity index (χ0n) is 11.8. The molecule has 1 saturated carbocycles. The number of hydrogen-bond acceptors (Lipinski definition) is 4. The average Bonchev–Trinajstić information content (AvgIpc) is 2.77. The fraction of sp³-hybridized carbons (Fsp3) is 0.857. The predicted octanol–water partition coefficient (Wildman–Crippen LogP) is 2.89. The van der Waals surface area contributed by atoms with Crippen LogP contribution in [-0.4, -0.2) is 16.7 Å². The molecule has 0 radical (unpaired) electrons. The summed E-state index contributed by atoms with van der Waals surface area (Å²) >= 11 is 0. The minimum atomic E-state index is 0.424. The molecule has 1 fully saturated rings. The fourth-order valence-electron chi connectivity index (χ4n) is 2.88. The lowest BCUT2D eigenvalue weighted by molar-refractivity contribution is 0.166. The van der Waals surface area contributed by atoms with E-state index in [0.717, 1.165) is 11.7 Å². The standard InChI is InChI=1S/C14H25N3O/c1-14(2,3)11-6-4-10(5-7-11)13-16-12(8-9-15)18-17-13/h10-11H,4-9,15H2,1-3H3. The Kier molecular flexibility index (Phi) is 4.05. The Morgan fingerprint density at radius 3 is 2.44 bits per heavy atom. The molecule has 0 atom stereocenters. The normalized spacial score (nSPS) is 25.3. The van der Waals surface area contributed by atoms with E-state index in [0.29, 0.717) is 30.2 Å². The van der Waals surface area contributed by atoms with Crippen molar-refractivity contribution in [1.29, 1.82) is 0 Å². The molecular formula is C14H25N3O. The van der Waals surface area contributed by atoms with Gasteiger partial charge in [0.1, 0.15) is 0 Å². The van der Waals surface area contributed by atoms with Gasteiger partial charge in [0.25, 0.3) is 0 Å². The highest BCUT2D eigenvalue weighted by Crippen LogP contribution is 2.42. The van der Waals surface area contributed by atoms with Crippen LogP contribution in [0.5, 0.6) is 0 Å². The van der Waals surface area contributed by atoms with Crippen LogP contribution in [0, 0.1) is 11.3 Å². The van der Waals surface area contributed by atoms with E-state index in [1.54, 1.807) is 0 Å². The molecule has 2 N–H and O–H groups in total. The van der Waals surface area contributed by atoms with Gasteiger partial charge in [-0.15, -0.1) is 0 Å². The molecule has 1 aliphatic carbocycles. The van der Waals surface area contributed by atoms with Gasteiger partial charge in [0.05, 0.1) is 0 Å². The Morgan fingerprint density at radius 1 is 1.22 bits per heavy atom. The first kappa shape index (κ1) is 13.5. The molecule has 0 bridgehead atoms. The van der Waals surface area contributed by atoms with Crippen molar-refractivity contribution in [3.8, 4) is 0 Å². The van der Waals surface area contributed by atoms with Crippen LogP contribution in [-0.2, 0) is 6.42 Å². The van der Waals surface area contributed by atoms with Crippen molar-refractivity contribution in [3.05, 3.63) is 11.7 Å². The van der Waals surface area contributed by atoms with Crippen LogP contribution in [0.4, 0.5) is 0 Å². The lowest BCUT2D eigenvalue weighted by atomic mass is 9.70. The van der Waals surface area contributed by atoms with Gasteiger partial charge >= 0.3 is 0 Å². The Hall–Kier alpha value is -0.900. The van der Waals surface area contributed by atoms with Gasteiger partial charge in [-0.2, -0.15) is 4.98 Å². The molecule has 4 heteroatoms. The van der Waals surface area contributed by atoms with Gasteiger partial charge < -0.3 is 10.3 Å². The Balaban J connectivity index is 1.92. The highest BCUT2D eigenvalue weighted by atomic mass is 16.5. The van der Waals surface area contributed by atoms with E-state index in [2.05, 4.69) is 30.9 Å². The zero-order valence-corrected chi connectivity index (χ0v) is 11.8. The topological polar surface area (TPSA) is 64.9 Å². The minimum Gasteiger partial charge on any atom is -0.339 e. The van der Waals surface area contributed by atoms with Crippen LogP contribution in [0.3, 0.4) is 0 Å². The summed E-state index contributed by atoms with van der Waals surface area (Å²) in [5.41, 5.74) is 5.91. The van der Waals surface area contributed by atoms with Crippen LogP contribution >= 0.6 is 0 Å². The summed E-state index contributed by atoms with van der Waals surface area (Å²) in [5.74, 6) is 2.89. The van der Waals surface area contributed by atoms with E-state index in [4.69, 9.17) is 10.3 Å². The van der Waals surface area contributed by atoms with Crippen molar-refractivity contribution in [2.24, 2.45) is 17.1 Å². The predicted molar refractivity (Wildman–Crippen MR) is 71.2 cm³/mol. The smallest absolute Gasteiger partial charge is 0.227 e. The number of rotatable bonds is 3. The second-order valence-electron chi connectivity index (χ2n) is 6.50. The van der Waals surface area contributed by atoms with Gasteiger partial charge in [-0.05, 0) is 37.0 Å². The summed E-state index contributed by atoms with van der Waals surface area (Å²) in [6, 6.07) is 0. The summed E-state index contributed by atoms with van der Waals surface area (Å²) in [7, 11) is 0. The number of nitrogens with zero attached hydrogens (tertiary/aromatic N) is 2. The molecule has 0 aromatic carbocycles. The quantitative estimate of drug-likeness (QED) is 0.897. The Morgan fingerprint density at radius 2 is 1.89 bits per heavy atom. The second-order valence-corrected chi connectivity index (χ2v) is 6.50. The summed E-state index contributed by atoms with van der Waals surface area (Å²) in [4.78, 5) is 4.45. The molecule has 1 heterocycles. The maximum absolute atomic E-state index is 5.49. The molecule has 0 amide bonds. The summed E-state index contributed by atoms with van der Waals surface area (Å²) < 4.78 is 5.21. The van der Waals surface area contributed by atoms with E-state index < -0.39 is 0 Å². The van der Waals surface area contributed by atoms with Crippen molar-refractivity contribution < 1.29 is 4.52 Å². The van der Waals surface area contributed by atoms with E-state index in [9.17, 15) is 0 Å². The fourth-order valence-corrected chi connectivity index (χ4v) is 2.88. The molecule has 0 spiro atoms. The second kappa shape index (κ2) is 5.39. The van der Waals surface area contributed by atoms with E-state index in [-0.39, 0.29) is 0 Å². The molecule has 4 nitrogen and oxygen atoms in total. The molecule has 18 heavy (non-hydrogen) atoms. The van der Waals surface area contributed by atoms with Gasteiger partial charge in [-0.1, -0.05) is 25.9 Å². The first-order valence-corrected chi connectivity index (χ1v) is 7.03. The Bertz CT molecular complexity index is 373. The van der Waals surface area contributed by atoms with Crippen molar-refractivity contribution in [2.45, 2.75) is 58.8 Å². The maximum Gasteiger partial charge on any atom is 0.227 e. The zero-order chi connectivity index (χ0) is 13.2. The van der Waals surface area contributed by atoms with Crippen LogP contribution < -0.4 is 5.73 Å². The van der Waals surface area contributed by atoms with Crippen LogP contribution in [0.25, 0.3) is 0 Å². The molecule has 102 valence electrons. The van der Waals surface area contributed by atoms with Gasteiger partial charge in [0, 0.05) is 18.9 Å². The number of aromatic nitrogens is 2. The van der Waals surface area contributed by atoms with Gasteiger partial charge in [-0.3, -0.25) is 0 Å². The van der Waals surface area contributed by atoms with Crippen molar-refractivity contribution in [1.82, 2.24) is 10.1 Å². The molecule has 0 aliphatic heterocycles. The molecule has 0 saturated heterocycles. The van der Waals surface area contributed by atoms with Crippen molar-refractivity contribution in [3.63, 3.8) is 0 Å². The summed E-state index contributed by atoms with van der Waals surface area (Å²) in [5, 5.41) is 4.10. The van der Waals surface area contributed by atoms with E-state index in [1.165, 1.54) is 25.7 Å². The average molecular weight is 251 g/mol. The molecule has 0 unspecified atom stereocenters. The highest BCUT2D eigenvalue weighted by Gasteiger charge is 2.31. The van der Waals surface area contributed by atoms with Crippen LogP contribution in [0.2, 0.25) is 0 Å². The van der Waals surface area contributed by atoms with Crippen LogP contribution in [0.1, 0.15) is 64.1 Å². The summed E-state index contributed by atoms with van der Waals surface area (Å²) in [6.45, 7) is 7.58. The highest BCUT2D eigenvalue weighted by molar-refractivity contribution is 4.98. The lowest BCUT2D eigenvalue weighted by Crippen LogP contribution is -2.25. The molecular weight excluding hydrogens is 226 g/mol. The molecule has 1 aromatic heterocycles. The van der Waals surface area contributed by atoms with Crippen LogP contribution in [0.15, 0.2) is 4.52 Å². The van der Waals surface area contributed by atoms with E-state index in [1.807, 2.05) is 0 Å². The number of hydrogen-bond donors (Lipinski definition) is 1. The maximum atomic E-state index is 5.49. The van der Waals surface area contributed by atoms with E-state index >= 15 is 0 Å². The van der Waals surface area contributed by atoms with Gasteiger partial charge in [-0.25, -0.2) is 0 Å². The first-order chi connectivity index (χ1) is 8.50. The SMILES string of the molecule is CC(C)(C)C1CCC(c2noc(CCN)n2)CC1. The monoisotopic (exact) mass is 251 g/mol. The van der Waals surface area contributed by atoms with Gasteiger partial charge in [0.2, 0.25) is 5.89 Å². The molecule has 1 aromatic rings.